The van der Waals surface area contributed by atoms with Gasteiger partial charge in [0, 0.05) is 18.0 Å². The molecular weight excluding hydrogens is 426 g/mol. The molecule has 0 atom stereocenters. The molecule has 0 unspecified atom stereocenters. The Morgan fingerprint density at radius 1 is 1.27 bits per heavy atom. The second-order valence-electron chi connectivity index (χ2n) is 7.08. The number of primary amides is 1. The number of nitrogens with zero attached hydrogens (tertiary/aromatic N) is 1. The highest BCUT2D eigenvalue weighted by molar-refractivity contribution is 7.92. The highest BCUT2D eigenvalue weighted by atomic mass is 32.2. The Kier molecular flexibility index (Phi) is 6.79. The maximum absolute atomic E-state index is 12.6. The number of carbonyl (C=O) groups excluding carboxylic acids is 2. The molecule has 3 rings (SSSR count). The predicted molar refractivity (Wildman–Crippen MR) is 116 cm³/mol. The Hall–Kier alpha value is -2.43. The molecule has 0 saturated carbocycles. The minimum Gasteiger partial charge on any atom is -0.497 e. The Morgan fingerprint density at radius 3 is 2.57 bits per heavy atom. The van der Waals surface area contributed by atoms with Crippen LogP contribution in [0.5, 0.6) is 5.75 Å². The summed E-state index contributed by atoms with van der Waals surface area (Å²) < 4.78 is 30.1. The summed E-state index contributed by atoms with van der Waals surface area (Å²) in [6, 6.07) is 5.82. The lowest BCUT2D eigenvalue weighted by Crippen LogP contribution is -2.31. The van der Waals surface area contributed by atoms with Crippen molar-refractivity contribution in [1.82, 2.24) is 4.90 Å². The molecule has 0 spiro atoms. The zero-order valence-corrected chi connectivity index (χ0v) is 18.6. The van der Waals surface area contributed by atoms with Crippen molar-refractivity contribution in [2.24, 2.45) is 5.73 Å². The van der Waals surface area contributed by atoms with Crippen LogP contribution in [-0.2, 0) is 27.6 Å². The SMILES string of the molecule is CCCN1CCc2c(sc(NC(=O)CS(=O)(=O)c3ccc(OC)cc3)c2C(N)=O)C1. The topological polar surface area (TPSA) is 119 Å². The van der Waals surface area contributed by atoms with Crippen molar-refractivity contribution in [1.29, 1.82) is 0 Å². The Labute approximate surface area is 179 Å². The lowest BCUT2D eigenvalue weighted by molar-refractivity contribution is -0.113. The van der Waals surface area contributed by atoms with Crippen LogP contribution in [-0.4, -0.2) is 51.1 Å². The van der Waals surface area contributed by atoms with Gasteiger partial charge in [0.1, 0.15) is 16.5 Å². The number of methoxy groups -OCH3 is 1. The lowest BCUT2D eigenvalue weighted by atomic mass is 10.0. The lowest BCUT2D eigenvalue weighted by Gasteiger charge is -2.26. The van der Waals surface area contributed by atoms with Crippen molar-refractivity contribution in [2.75, 3.05) is 31.3 Å². The smallest absolute Gasteiger partial charge is 0.251 e. The van der Waals surface area contributed by atoms with Crippen LogP contribution in [0.2, 0.25) is 0 Å². The van der Waals surface area contributed by atoms with Gasteiger partial charge in [-0.1, -0.05) is 6.92 Å². The summed E-state index contributed by atoms with van der Waals surface area (Å²) in [6.07, 6.45) is 1.69. The molecule has 2 heterocycles. The summed E-state index contributed by atoms with van der Waals surface area (Å²) in [5, 5.41) is 2.92. The Morgan fingerprint density at radius 2 is 1.97 bits per heavy atom. The van der Waals surface area contributed by atoms with E-state index in [2.05, 4.69) is 17.1 Å². The molecule has 3 N–H and O–H groups in total. The number of hydrogen-bond acceptors (Lipinski definition) is 7. The number of nitrogens with one attached hydrogen (secondary N) is 1. The van der Waals surface area contributed by atoms with E-state index in [-0.39, 0.29) is 4.90 Å². The van der Waals surface area contributed by atoms with E-state index in [4.69, 9.17) is 10.5 Å². The molecule has 10 heteroatoms. The van der Waals surface area contributed by atoms with Crippen LogP contribution >= 0.6 is 11.3 Å². The largest absolute Gasteiger partial charge is 0.497 e. The summed E-state index contributed by atoms with van der Waals surface area (Å²) in [7, 11) is -2.36. The van der Waals surface area contributed by atoms with Gasteiger partial charge >= 0.3 is 0 Å². The van der Waals surface area contributed by atoms with Gasteiger partial charge in [0.2, 0.25) is 5.91 Å². The molecule has 1 aromatic heterocycles. The third-order valence-corrected chi connectivity index (χ3v) is 7.68. The molecule has 0 fully saturated rings. The van der Waals surface area contributed by atoms with Gasteiger partial charge in [0.15, 0.2) is 9.84 Å². The number of fused-ring (bicyclic) bond motifs is 1. The van der Waals surface area contributed by atoms with Gasteiger partial charge in [-0.3, -0.25) is 14.5 Å². The molecule has 0 saturated heterocycles. The maximum Gasteiger partial charge on any atom is 0.251 e. The predicted octanol–water partition coefficient (Wildman–Crippen LogP) is 2.04. The monoisotopic (exact) mass is 451 g/mol. The van der Waals surface area contributed by atoms with E-state index in [0.29, 0.717) is 29.3 Å². The number of anilines is 1. The molecule has 1 aromatic carbocycles. The quantitative estimate of drug-likeness (QED) is 0.634. The first-order valence-electron chi connectivity index (χ1n) is 9.58. The molecule has 0 aliphatic carbocycles. The molecule has 0 radical (unpaired) electrons. The first-order chi connectivity index (χ1) is 14.2. The van der Waals surface area contributed by atoms with Crippen molar-refractivity contribution >= 4 is 38.0 Å². The van der Waals surface area contributed by atoms with E-state index >= 15 is 0 Å². The first kappa shape index (κ1) is 22.3. The summed E-state index contributed by atoms with van der Waals surface area (Å²) >= 11 is 1.29. The highest BCUT2D eigenvalue weighted by Crippen LogP contribution is 2.37. The normalized spacial score (nSPS) is 14.2. The van der Waals surface area contributed by atoms with E-state index in [9.17, 15) is 18.0 Å². The molecule has 2 amide bonds. The minimum absolute atomic E-state index is 0.0225. The van der Waals surface area contributed by atoms with Gasteiger partial charge in [-0.2, -0.15) is 0 Å². The van der Waals surface area contributed by atoms with Crippen LogP contribution in [0, 0.1) is 0 Å². The molecule has 2 aromatic rings. The number of thiophene rings is 1. The van der Waals surface area contributed by atoms with E-state index in [1.54, 1.807) is 0 Å². The number of carbonyl (C=O) groups is 2. The van der Waals surface area contributed by atoms with Gasteiger partial charge in [-0.05, 0) is 49.2 Å². The third kappa shape index (κ3) is 4.82. The van der Waals surface area contributed by atoms with Gasteiger partial charge in [-0.25, -0.2) is 8.42 Å². The maximum atomic E-state index is 12.6. The third-order valence-electron chi connectivity index (χ3n) is 4.91. The van der Waals surface area contributed by atoms with Crippen molar-refractivity contribution in [2.45, 2.75) is 31.2 Å². The second kappa shape index (κ2) is 9.15. The number of ether oxygens (including phenoxy) is 1. The van der Waals surface area contributed by atoms with Crippen LogP contribution < -0.4 is 15.8 Å². The summed E-state index contributed by atoms with van der Waals surface area (Å²) in [5.74, 6) is -1.55. The average molecular weight is 452 g/mol. The van der Waals surface area contributed by atoms with Gasteiger partial charge in [0.05, 0.1) is 17.6 Å². The zero-order valence-electron chi connectivity index (χ0n) is 16.9. The van der Waals surface area contributed by atoms with Gasteiger partial charge in [0.25, 0.3) is 5.91 Å². The first-order valence-corrected chi connectivity index (χ1v) is 12.1. The van der Waals surface area contributed by atoms with Crippen LogP contribution in [0.15, 0.2) is 29.2 Å². The Bertz CT molecular complexity index is 1050. The van der Waals surface area contributed by atoms with Crippen LogP contribution in [0.3, 0.4) is 0 Å². The zero-order chi connectivity index (χ0) is 21.9. The van der Waals surface area contributed by atoms with Crippen LogP contribution in [0.1, 0.15) is 34.1 Å². The van der Waals surface area contributed by atoms with Crippen molar-refractivity contribution in [3.8, 4) is 5.75 Å². The summed E-state index contributed by atoms with van der Waals surface area (Å²) in [4.78, 5) is 27.8. The van der Waals surface area contributed by atoms with Gasteiger partial charge in [-0.15, -0.1) is 11.3 Å². The summed E-state index contributed by atoms with van der Waals surface area (Å²) in [5.41, 5.74) is 6.72. The average Bonchev–Trinajstić information content (AvgIpc) is 3.04. The molecule has 8 nitrogen and oxygen atoms in total. The standard InChI is InChI=1S/C20H25N3O5S2/c1-3-9-23-10-8-15-16(11-23)29-20(18(15)19(21)25)22-17(24)12-30(26,27)14-6-4-13(28-2)5-7-14/h4-7H,3,8-12H2,1-2H3,(H2,21,25)(H,22,24). The van der Waals surface area contributed by atoms with E-state index in [0.717, 1.165) is 30.0 Å². The minimum atomic E-state index is -3.84. The van der Waals surface area contributed by atoms with Crippen LogP contribution in [0.4, 0.5) is 5.00 Å². The van der Waals surface area contributed by atoms with Gasteiger partial charge < -0.3 is 15.8 Å². The van der Waals surface area contributed by atoms with Crippen molar-refractivity contribution < 1.29 is 22.7 Å². The second-order valence-corrected chi connectivity index (χ2v) is 10.2. The van der Waals surface area contributed by atoms with E-state index in [1.807, 2.05) is 0 Å². The van der Waals surface area contributed by atoms with Crippen molar-refractivity contribution in [3.63, 3.8) is 0 Å². The van der Waals surface area contributed by atoms with Crippen LogP contribution in [0.25, 0.3) is 0 Å². The van der Waals surface area contributed by atoms with E-state index in [1.165, 1.54) is 42.7 Å². The Balaban J connectivity index is 1.78. The summed E-state index contributed by atoms with van der Waals surface area (Å²) in [6.45, 7) is 4.56. The van der Waals surface area contributed by atoms with Crippen molar-refractivity contribution in [3.05, 3.63) is 40.3 Å². The number of hydrogen-bond donors (Lipinski definition) is 2. The number of nitrogens with two attached hydrogens (primary N) is 1. The highest BCUT2D eigenvalue weighted by Gasteiger charge is 2.28. The molecule has 1 aliphatic rings. The molecule has 1 aliphatic heterocycles. The van der Waals surface area contributed by atoms with E-state index < -0.39 is 27.4 Å². The fourth-order valence-electron chi connectivity index (χ4n) is 3.51. The molecular formula is C20H25N3O5S2. The number of sulfone groups is 1. The number of rotatable bonds is 8. The fraction of sp³-hybridized carbons (Fsp3) is 0.400. The number of benzene rings is 1. The molecule has 30 heavy (non-hydrogen) atoms. The fourth-order valence-corrected chi connectivity index (χ4v) is 5.96. The number of amides is 2. The molecule has 0 bridgehead atoms. The molecule has 162 valence electrons.